The smallest absolute Gasteiger partial charge is 0.143 e. The lowest BCUT2D eigenvalue weighted by Crippen LogP contribution is -2.14. The van der Waals surface area contributed by atoms with Crippen molar-refractivity contribution in [1.82, 2.24) is 0 Å². The van der Waals surface area contributed by atoms with Crippen molar-refractivity contribution >= 4 is 11.6 Å². The van der Waals surface area contributed by atoms with Crippen LogP contribution in [-0.2, 0) is 16.1 Å². The Balaban J connectivity index is 0.000000171. The lowest BCUT2D eigenvalue weighted by molar-refractivity contribution is -0.129. The first-order valence-corrected chi connectivity index (χ1v) is 5.92. The maximum absolute atomic E-state index is 10.8. The van der Waals surface area contributed by atoms with Gasteiger partial charge in [-0.2, -0.15) is 0 Å². The van der Waals surface area contributed by atoms with E-state index in [1.165, 1.54) is 12.5 Å². The highest BCUT2D eigenvalue weighted by Gasteiger charge is 2.27. The number of Topliss-reactive ketones (excluding diaryl/α,β-unsaturated/α-hetero) is 2. The fraction of sp³-hybridized carbons (Fsp3) is 0.429. The van der Waals surface area contributed by atoms with E-state index in [9.17, 15) is 9.59 Å². The predicted molar refractivity (Wildman–Crippen MR) is 67.4 cm³/mol. The summed E-state index contributed by atoms with van der Waals surface area (Å²) in [6, 6.07) is 9.99. The number of rotatable bonds is 2. The third-order valence-electron chi connectivity index (χ3n) is 2.87. The van der Waals surface area contributed by atoms with E-state index < -0.39 is 0 Å². The van der Waals surface area contributed by atoms with E-state index >= 15 is 0 Å². The minimum absolute atomic E-state index is 0.0394. The van der Waals surface area contributed by atoms with E-state index in [0.717, 1.165) is 12.8 Å². The summed E-state index contributed by atoms with van der Waals surface area (Å²) in [7, 11) is 0. The van der Waals surface area contributed by atoms with Gasteiger partial charge >= 0.3 is 0 Å². The monoisotopic (exact) mass is 233 g/mol. The van der Waals surface area contributed by atoms with Gasteiger partial charge in [-0.05, 0) is 25.3 Å². The van der Waals surface area contributed by atoms with Crippen molar-refractivity contribution in [1.29, 1.82) is 0 Å². The fourth-order valence-electron chi connectivity index (χ4n) is 1.86. The molecule has 0 aliphatic heterocycles. The van der Waals surface area contributed by atoms with Crippen molar-refractivity contribution in [3.63, 3.8) is 0 Å². The van der Waals surface area contributed by atoms with Gasteiger partial charge in [-0.1, -0.05) is 30.3 Å². The number of carbonyl (C=O) groups excluding carboxylic acids is 2. The fourth-order valence-corrected chi connectivity index (χ4v) is 1.86. The summed E-state index contributed by atoms with van der Waals surface area (Å²) < 4.78 is 0. The van der Waals surface area contributed by atoms with Crippen molar-refractivity contribution in [2.45, 2.75) is 32.7 Å². The average molecular weight is 233 g/mol. The zero-order valence-corrected chi connectivity index (χ0v) is 10.2. The van der Waals surface area contributed by atoms with Gasteiger partial charge in [0.15, 0.2) is 0 Å². The van der Waals surface area contributed by atoms with Crippen LogP contribution in [0, 0.1) is 5.92 Å². The summed E-state index contributed by atoms with van der Waals surface area (Å²) in [6.45, 7) is 2.13. The van der Waals surface area contributed by atoms with Crippen LogP contribution in [0.2, 0.25) is 0 Å². The van der Waals surface area contributed by atoms with Gasteiger partial charge in [0, 0.05) is 13.0 Å². The highest BCUT2D eigenvalue weighted by molar-refractivity contribution is 6.02. The molecular formula is C14H19NO2. The molecule has 1 aromatic carbocycles. The molecule has 1 aromatic rings. The number of nitrogens with two attached hydrogens (primary N) is 1. The predicted octanol–water partition coefficient (Wildman–Crippen LogP) is 2.09. The highest BCUT2D eigenvalue weighted by Crippen LogP contribution is 2.21. The third-order valence-corrected chi connectivity index (χ3v) is 2.87. The van der Waals surface area contributed by atoms with Crippen molar-refractivity contribution in [2.24, 2.45) is 11.7 Å². The Kier molecular flexibility index (Phi) is 5.57. The lowest BCUT2D eigenvalue weighted by Gasteiger charge is -1.98. The van der Waals surface area contributed by atoms with Gasteiger partial charge in [0.2, 0.25) is 0 Å². The van der Waals surface area contributed by atoms with Crippen molar-refractivity contribution in [2.75, 3.05) is 0 Å². The molecule has 0 radical (unpaired) electrons. The second-order valence-corrected chi connectivity index (χ2v) is 4.21. The normalized spacial score (nSPS) is 18.5. The molecule has 3 heteroatoms. The molecule has 0 saturated heterocycles. The van der Waals surface area contributed by atoms with E-state index in [4.69, 9.17) is 5.73 Å². The zero-order valence-electron chi connectivity index (χ0n) is 10.2. The summed E-state index contributed by atoms with van der Waals surface area (Å²) in [4.78, 5) is 21.4. The molecule has 0 amide bonds. The van der Waals surface area contributed by atoms with Gasteiger partial charge in [0.1, 0.15) is 11.6 Å². The topological polar surface area (TPSA) is 60.2 Å². The van der Waals surface area contributed by atoms with Crippen molar-refractivity contribution in [3.8, 4) is 0 Å². The Labute approximate surface area is 102 Å². The van der Waals surface area contributed by atoms with Crippen LogP contribution < -0.4 is 5.73 Å². The summed E-state index contributed by atoms with van der Waals surface area (Å²) >= 11 is 0. The molecule has 1 aliphatic rings. The second-order valence-electron chi connectivity index (χ2n) is 4.21. The molecule has 0 spiro atoms. The van der Waals surface area contributed by atoms with Crippen LogP contribution >= 0.6 is 0 Å². The van der Waals surface area contributed by atoms with Crippen molar-refractivity contribution in [3.05, 3.63) is 35.9 Å². The van der Waals surface area contributed by atoms with Gasteiger partial charge in [-0.3, -0.25) is 9.59 Å². The summed E-state index contributed by atoms with van der Waals surface area (Å²) in [6.07, 6.45) is 2.31. The third kappa shape index (κ3) is 4.49. The molecule has 0 bridgehead atoms. The molecule has 1 saturated carbocycles. The average Bonchev–Trinajstić information content (AvgIpc) is 2.77. The molecule has 92 valence electrons. The van der Waals surface area contributed by atoms with Crippen LogP contribution in [0.15, 0.2) is 30.3 Å². The minimum atomic E-state index is -0.245. The Morgan fingerprint density at radius 2 is 2.00 bits per heavy atom. The molecule has 0 aromatic heterocycles. The number of benzene rings is 1. The Bertz CT molecular complexity index is 373. The number of ketones is 2. The molecule has 1 fully saturated rings. The number of carbonyl (C=O) groups is 2. The SMILES string of the molecule is CC(=O)C1CCCC1=O.NCc1ccccc1. The van der Waals surface area contributed by atoms with E-state index in [2.05, 4.69) is 0 Å². The van der Waals surface area contributed by atoms with Crippen LogP contribution in [-0.4, -0.2) is 11.6 Å². The number of hydrogen-bond acceptors (Lipinski definition) is 3. The Morgan fingerprint density at radius 1 is 1.35 bits per heavy atom. The van der Waals surface area contributed by atoms with Crippen LogP contribution in [0.5, 0.6) is 0 Å². The Hall–Kier alpha value is -1.48. The first-order valence-electron chi connectivity index (χ1n) is 5.92. The minimum Gasteiger partial charge on any atom is -0.326 e. The Morgan fingerprint density at radius 3 is 2.29 bits per heavy atom. The lowest BCUT2D eigenvalue weighted by atomic mass is 10.0. The molecule has 1 aliphatic carbocycles. The maximum Gasteiger partial charge on any atom is 0.143 e. The number of hydrogen-bond donors (Lipinski definition) is 1. The summed E-state index contributed by atoms with van der Waals surface area (Å²) in [5, 5.41) is 0. The largest absolute Gasteiger partial charge is 0.326 e. The molecule has 3 nitrogen and oxygen atoms in total. The quantitative estimate of drug-likeness (QED) is 0.796. The highest BCUT2D eigenvalue weighted by atomic mass is 16.1. The van der Waals surface area contributed by atoms with E-state index in [-0.39, 0.29) is 17.5 Å². The van der Waals surface area contributed by atoms with Gasteiger partial charge in [0.05, 0.1) is 5.92 Å². The zero-order chi connectivity index (χ0) is 12.7. The van der Waals surface area contributed by atoms with Gasteiger partial charge in [-0.25, -0.2) is 0 Å². The molecule has 2 rings (SSSR count). The molecule has 1 atom stereocenters. The maximum atomic E-state index is 10.8. The van der Waals surface area contributed by atoms with Crippen LogP contribution in [0.3, 0.4) is 0 Å². The van der Waals surface area contributed by atoms with E-state index in [0.29, 0.717) is 13.0 Å². The van der Waals surface area contributed by atoms with E-state index in [1.54, 1.807) is 0 Å². The van der Waals surface area contributed by atoms with Crippen LogP contribution in [0.25, 0.3) is 0 Å². The van der Waals surface area contributed by atoms with Crippen LogP contribution in [0.4, 0.5) is 0 Å². The molecule has 1 unspecified atom stereocenters. The molecule has 2 N–H and O–H groups in total. The van der Waals surface area contributed by atoms with Crippen LogP contribution in [0.1, 0.15) is 31.7 Å². The summed E-state index contributed by atoms with van der Waals surface area (Å²) in [5.74, 6) is -0.0648. The summed E-state index contributed by atoms with van der Waals surface area (Å²) in [5.41, 5.74) is 6.54. The van der Waals surface area contributed by atoms with Crippen molar-refractivity contribution < 1.29 is 9.59 Å². The van der Waals surface area contributed by atoms with Gasteiger partial charge < -0.3 is 5.73 Å². The van der Waals surface area contributed by atoms with Gasteiger partial charge in [-0.15, -0.1) is 0 Å². The first kappa shape index (κ1) is 13.6. The molecule has 0 heterocycles. The molecule has 17 heavy (non-hydrogen) atoms. The second kappa shape index (κ2) is 6.97. The van der Waals surface area contributed by atoms with E-state index in [1.807, 2.05) is 30.3 Å². The molecular weight excluding hydrogens is 214 g/mol. The van der Waals surface area contributed by atoms with Gasteiger partial charge in [0.25, 0.3) is 0 Å². The first-order chi connectivity index (χ1) is 8.15. The standard InChI is InChI=1S/C7H9N.C7H10O2/c8-6-7-4-2-1-3-5-7;1-5(8)6-3-2-4-7(6)9/h1-5H,6,8H2;6H,2-4H2,1H3.